The summed E-state index contributed by atoms with van der Waals surface area (Å²) in [5, 5.41) is 0. The van der Waals surface area contributed by atoms with Crippen molar-refractivity contribution in [1.29, 1.82) is 0 Å². The van der Waals surface area contributed by atoms with Crippen LogP contribution >= 0.6 is 0 Å². The number of nitrogens with zero attached hydrogens (tertiary/aromatic N) is 1. The zero-order valence-corrected chi connectivity index (χ0v) is 10.6. The number of hydrogen-bond acceptors (Lipinski definition) is 4. The van der Waals surface area contributed by atoms with Crippen molar-refractivity contribution in [3.8, 4) is 0 Å². The monoisotopic (exact) mass is 247 g/mol. The quantitative estimate of drug-likeness (QED) is 0.767. The summed E-state index contributed by atoms with van der Waals surface area (Å²) in [6.45, 7) is 4.24. The van der Waals surface area contributed by atoms with Gasteiger partial charge in [0, 0.05) is 0 Å². The van der Waals surface area contributed by atoms with Crippen LogP contribution < -0.4 is 0 Å². The zero-order chi connectivity index (χ0) is 13.0. The van der Waals surface area contributed by atoms with E-state index >= 15 is 0 Å². The summed E-state index contributed by atoms with van der Waals surface area (Å²) < 4.78 is 10.4. The lowest BCUT2D eigenvalue weighted by atomic mass is 10.0. The van der Waals surface area contributed by atoms with Crippen molar-refractivity contribution >= 4 is 12.4 Å². The second-order valence-electron chi connectivity index (χ2n) is 4.10. The van der Waals surface area contributed by atoms with E-state index < -0.39 is 6.04 Å². The van der Waals surface area contributed by atoms with Crippen LogP contribution in [0.2, 0.25) is 0 Å². The van der Waals surface area contributed by atoms with E-state index in [1.54, 1.807) is 6.92 Å². The normalized spacial score (nSPS) is 21.7. The van der Waals surface area contributed by atoms with Crippen molar-refractivity contribution < 1.29 is 14.3 Å². The van der Waals surface area contributed by atoms with Crippen LogP contribution in [0.3, 0.4) is 0 Å². The van der Waals surface area contributed by atoms with Crippen molar-refractivity contribution in [1.82, 2.24) is 0 Å². The van der Waals surface area contributed by atoms with Crippen LogP contribution in [0.5, 0.6) is 0 Å². The number of esters is 1. The van der Waals surface area contributed by atoms with Crippen LogP contribution in [0, 0.1) is 0 Å². The maximum atomic E-state index is 11.7. The van der Waals surface area contributed by atoms with Gasteiger partial charge in [-0.3, -0.25) is 0 Å². The molecule has 1 aromatic rings. The fraction of sp³-hybridized carbons (Fsp3) is 0.429. The molecule has 1 heterocycles. The molecular formula is C14H17NO3. The first-order valence-corrected chi connectivity index (χ1v) is 6.18. The molecule has 1 aliphatic heterocycles. The molecule has 96 valence electrons. The first-order chi connectivity index (χ1) is 8.76. The van der Waals surface area contributed by atoms with E-state index in [2.05, 4.69) is 11.9 Å². The van der Waals surface area contributed by atoms with E-state index in [0.717, 1.165) is 12.0 Å². The highest BCUT2D eigenvalue weighted by Gasteiger charge is 2.34. The minimum atomic E-state index is -0.586. The molecule has 0 aliphatic carbocycles. The van der Waals surface area contributed by atoms with Gasteiger partial charge < -0.3 is 9.47 Å². The Labute approximate surface area is 107 Å². The van der Waals surface area contributed by atoms with Crippen molar-refractivity contribution in [2.24, 2.45) is 4.99 Å². The van der Waals surface area contributed by atoms with Crippen molar-refractivity contribution in [2.75, 3.05) is 6.61 Å². The Morgan fingerprint density at radius 3 is 2.67 bits per heavy atom. The standard InChI is InChI=1S/C14H17NO3/c1-3-10-5-7-11(8-6-10)13-12(15-9-18-13)14(16)17-4-2/h5-9,12-13H,3-4H2,1-2H3. The van der Waals surface area contributed by atoms with E-state index in [-0.39, 0.29) is 12.1 Å². The average Bonchev–Trinajstić information content (AvgIpc) is 2.88. The molecule has 0 saturated heterocycles. The summed E-state index contributed by atoms with van der Waals surface area (Å²) in [7, 11) is 0. The smallest absolute Gasteiger partial charge is 0.335 e. The zero-order valence-electron chi connectivity index (χ0n) is 10.6. The highest BCUT2D eigenvalue weighted by molar-refractivity contribution is 5.80. The predicted molar refractivity (Wildman–Crippen MR) is 68.6 cm³/mol. The van der Waals surface area contributed by atoms with Gasteiger partial charge in [0.1, 0.15) is 0 Å². The molecule has 0 bridgehead atoms. The minimum absolute atomic E-state index is 0.337. The number of benzene rings is 1. The van der Waals surface area contributed by atoms with Gasteiger partial charge in [-0.2, -0.15) is 0 Å². The lowest BCUT2D eigenvalue weighted by Gasteiger charge is -2.16. The van der Waals surface area contributed by atoms with Gasteiger partial charge >= 0.3 is 5.97 Å². The molecule has 2 atom stereocenters. The van der Waals surface area contributed by atoms with Gasteiger partial charge in [0.15, 0.2) is 18.5 Å². The van der Waals surface area contributed by atoms with Crippen LogP contribution in [0.15, 0.2) is 29.3 Å². The molecule has 18 heavy (non-hydrogen) atoms. The molecule has 0 amide bonds. The van der Waals surface area contributed by atoms with Gasteiger partial charge in [-0.25, -0.2) is 9.79 Å². The Hall–Kier alpha value is -1.84. The van der Waals surface area contributed by atoms with Gasteiger partial charge in [0.2, 0.25) is 0 Å². The Morgan fingerprint density at radius 2 is 2.06 bits per heavy atom. The first-order valence-electron chi connectivity index (χ1n) is 6.18. The van der Waals surface area contributed by atoms with Crippen LogP contribution in [0.25, 0.3) is 0 Å². The summed E-state index contributed by atoms with van der Waals surface area (Å²) in [5.74, 6) is -0.337. The van der Waals surface area contributed by atoms with E-state index in [1.165, 1.54) is 12.0 Å². The Morgan fingerprint density at radius 1 is 1.33 bits per heavy atom. The van der Waals surface area contributed by atoms with Gasteiger partial charge in [-0.15, -0.1) is 0 Å². The summed E-state index contributed by atoms with van der Waals surface area (Å²) >= 11 is 0. The van der Waals surface area contributed by atoms with Crippen LogP contribution in [0.4, 0.5) is 0 Å². The van der Waals surface area contributed by atoms with Crippen molar-refractivity contribution in [2.45, 2.75) is 32.4 Å². The molecule has 4 heteroatoms. The second-order valence-corrected chi connectivity index (χ2v) is 4.10. The molecule has 0 fully saturated rings. The summed E-state index contributed by atoms with van der Waals surface area (Å²) in [5.41, 5.74) is 2.20. The first kappa shape index (κ1) is 12.6. The Bertz CT molecular complexity index is 439. The third-order valence-electron chi connectivity index (χ3n) is 2.96. The maximum Gasteiger partial charge on any atom is 0.335 e. The van der Waals surface area contributed by atoms with Gasteiger partial charge in [0.25, 0.3) is 0 Å². The minimum Gasteiger partial charge on any atom is -0.473 e. The van der Waals surface area contributed by atoms with E-state index in [9.17, 15) is 4.79 Å². The summed E-state index contributed by atoms with van der Waals surface area (Å²) in [6.07, 6.45) is 1.96. The Balaban J connectivity index is 2.14. The average molecular weight is 247 g/mol. The van der Waals surface area contributed by atoms with Gasteiger partial charge in [-0.1, -0.05) is 31.2 Å². The molecular weight excluding hydrogens is 230 g/mol. The largest absolute Gasteiger partial charge is 0.473 e. The van der Waals surface area contributed by atoms with E-state index in [4.69, 9.17) is 9.47 Å². The molecule has 0 saturated carbocycles. The number of carbonyl (C=O) groups is 1. The number of aliphatic imine (C=N–C) groups is 1. The Kier molecular flexibility index (Phi) is 3.97. The SMILES string of the molecule is CCOC(=O)C1N=COC1c1ccc(CC)cc1. The molecule has 1 aliphatic rings. The fourth-order valence-corrected chi connectivity index (χ4v) is 1.93. The lowest BCUT2D eigenvalue weighted by molar-refractivity contribution is -0.146. The van der Waals surface area contributed by atoms with Crippen LogP contribution in [-0.4, -0.2) is 25.0 Å². The number of rotatable bonds is 4. The molecule has 0 radical (unpaired) electrons. The molecule has 0 aromatic heterocycles. The highest BCUT2D eigenvalue weighted by atomic mass is 16.5. The highest BCUT2D eigenvalue weighted by Crippen LogP contribution is 2.28. The van der Waals surface area contributed by atoms with Crippen LogP contribution in [-0.2, 0) is 20.7 Å². The van der Waals surface area contributed by atoms with Crippen molar-refractivity contribution in [3.63, 3.8) is 0 Å². The summed E-state index contributed by atoms with van der Waals surface area (Å²) in [6, 6.07) is 7.45. The number of hydrogen-bond donors (Lipinski definition) is 0. The number of ether oxygens (including phenoxy) is 2. The second kappa shape index (κ2) is 5.67. The molecule has 0 spiro atoms. The molecule has 1 aromatic carbocycles. The van der Waals surface area contributed by atoms with E-state index in [1.807, 2.05) is 24.3 Å². The van der Waals surface area contributed by atoms with Crippen molar-refractivity contribution in [3.05, 3.63) is 35.4 Å². The number of carbonyl (C=O) groups excluding carboxylic acids is 1. The third kappa shape index (κ3) is 2.53. The van der Waals surface area contributed by atoms with Gasteiger partial charge in [-0.05, 0) is 24.5 Å². The third-order valence-corrected chi connectivity index (χ3v) is 2.96. The maximum absolute atomic E-state index is 11.7. The molecule has 2 unspecified atom stereocenters. The molecule has 4 nitrogen and oxygen atoms in total. The van der Waals surface area contributed by atoms with E-state index in [0.29, 0.717) is 6.61 Å². The van der Waals surface area contributed by atoms with Crippen LogP contribution in [0.1, 0.15) is 31.1 Å². The molecule has 2 rings (SSSR count). The predicted octanol–water partition coefficient (Wildman–Crippen LogP) is 2.28. The summed E-state index contributed by atoms with van der Waals surface area (Å²) in [4.78, 5) is 15.8. The topological polar surface area (TPSA) is 47.9 Å². The lowest BCUT2D eigenvalue weighted by Crippen LogP contribution is -2.26. The molecule has 0 N–H and O–H groups in total. The van der Waals surface area contributed by atoms with Gasteiger partial charge in [0.05, 0.1) is 6.61 Å². The number of aryl methyl sites for hydroxylation is 1. The fourth-order valence-electron chi connectivity index (χ4n) is 1.93.